The fourth-order valence-corrected chi connectivity index (χ4v) is 1.45. The Bertz CT molecular complexity index is 545. The summed E-state index contributed by atoms with van der Waals surface area (Å²) < 4.78 is 75.9. The fourth-order valence-electron chi connectivity index (χ4n) is 1.45. The third-order valence-electron chi connectivity index (χ3n) is 2.28. The van der Waals surface area contributed by atoms with Crippen LogP contribution in [0, 0.1) is 0 Å². The van der Waals surface area contributed by atoms with Gasteiger partial charge in [0.15, 0.2) is 0 Å². The molecular formula is C12H10F6N2. The first kappa shape index (κ1) is 16.1. The molecule has 110 valence electrons. The van der Waals surface area contributed by atoms with E-state index in [0.29, 0.717) is 0 Å². The Morgan fingerprint density at radius 2 is 1.80 bits per heavy atom. The summed E-state index contributed by atoms with van der Waals surface area (Å²) in [5.74, 6) is 0. The van der Waals surface area contributed by atoms with Crippen LogP contribution in [-0.4, -0.2) is 11.2 Å². The number of nitrogens with zero attached hydrogens (tertiary/aromatic N) is 1. The first-order valence-electron chi connectivity index (χ1n) is 5.30. The van der Waals surface area contributed by atoms with Crippen molar-refractivity contribution >= 4 is 11.9 Å². The van der Waals surface area contributed by atoms with Gasteiger partial charge in [0.1, 0.15) is 5.69 Å². The lowest BCUT2D eigenvalue weighted by Crippen LogP contribution is -2.06. The van der Waals surface area contributed by atoms with Crippen molar-refractivity contribution in [1.82, 2.24) is 4.98 Å². The number of aliphatic imine (C=N–C) groups is 1. The van der Waals surface area contributed by atoms with Gasteiger partial charge >= 0.3 is 12.4 Å². The number of halogens is 6. The minimum atomic E-state index is -4.92. The van der Waals surface area contributed by atoms with Gasteiger partial charge in [-0.05, 0) is 13.0 Å². The number of hydrogen-bond donors (Lipinski definition) is 1. The second kappa shape index (κ2) is 5.56. The molecule has 20 heavy (non-hydrogen) atoms. The summed E-state index contributed by atoms with van der Waals surface area (Å²) in [6.07, 6.45) is -6.37. The van der Waals surface area contributed by atoms with E-state index in [1.807, 2.05) is 0 Å². The third-order valence-corrected chi connectivity index (χ3v) is 2.28. The topological polar surface area (TPSA) is 28.1 Å². The van der Waals surface area contributed by atoms with Crippen LogP contribution in [0.4, 0.5) is 26.3 Å². The van der Waals surface area contributed by atoms with E-state index in [2.05, 4.69) is 11.6 Å². The molecule has 0 amide bonds. The molecule has 0 saturated carbocycles. The van der Waals surface area contributed by atoms with Crippen molar-refractivity contribution in [1.29, 1.82) is 0 Å². The van der Waals surface area contributed by atoms with Gasteiger partial charge in [-0.25, -0.2) is 0 Å². The van der Waals surface area contributed by atoms with Crippen LogP contribution in [0.25, 0.3) is 5.70 Å². The van der Waals surface area contributed by atoms with Gasteiger partial charge < -0.3 is 4.98 Å². The molecule has 0 aromatic carbocycles. The van der Waals surface area contributed by atoms with Crippen molar-refractivity contribution in [2.75, 3.05) is 0 Å². The van der Waals surface area contributed by atoms with Gasteiger partial charge in [0, 0.05) is 6.21 Å². The number of rotatable bonds is 3. The molecule has 0 unspecified atom stereocenters. The maximum atomic E-state index is 12.8. The third kappa shape index (κ3) is 3.52. The summed E-state index contributed by atoms with van der Waals surface area (Å²) in [5.41, 5.74) is -3.88. The number of hydrogen-bond acceptors (Lipinski definition) is 1. The number of nitrogens with one attached hydrogen (secondary N) is 1. The SMILES string of the molecule is C=CC=N/C(=C\C)c1[nH]c(C(F)(F)F)cc1C(F)(F)F. The zero-order chi connectivity index (χ0) is 15.6. The first-order chi connectivity index (χ1) is 9.11. The molecule has 1 aromatic rings. The largest absolute Gasteiger partial charge is 0.431 e. The summed E-state index contributed by atoms with van der Waals surface area (Å²) in [7, 11) is 0. The van der Waals surface area contributed by atoms with E-state index in [1.54, 1.807) is 4.98 Å². The highest BCUT2D eigenvalue weighted by Crippen LogP contribution is 2.39. The Morgan fingerprint density at radius 1 is 1.20 bits per heavy atom. The average molecular weight is 296 g/mol. The average Bonchev–Trinajstić information content (AvgIpc) is 2.74. The summed E-state index contributed by atoms with van der Waals surface area (Å²) in [6, 6.07) is 0.0300. The second-order valence-corrected chi connectivity index (χ2v) is 3.65. The van der Waals surface area contributed by atoms with Gasteiger partial charge in [-0.3, -0.25) is 4.99 Å². The summed E-state index contributed by atoms with van der Waals surface area (Å²) >= 11 is 0. The molecule has 0 saturated heterocycles. The smallest absolute Gasteiger partial charge is 0.349 e. The van der Waals surface area contributed by atoms with Crippen molar-refractivity contribution in [2.45, 2.75) is 19.3 Å². The minimum Gasteiger partial charge on any atom is -0.349 e. The molecule has 0 radical (unpaired) electrons. The molecule has 2 nitrogen and oxygen atoms in total. The van der Waals surface area contributed by atoms with Gasteiger partial charge in [0.25, 0.3) is 0 Å². The summed E-state index contributed by atoms with van der Waals surface area (Å²) in [4.78, 5) is 5.35. The highest BCUT2D eigenvalue weighted by Gasteiger charge is 2.41. The van der Waals surface area contributed by atoms with Crippen molar-refractivity contribution in [3.8, 4) is 0 Å². The molecule has 0 aliphatic rings. The highest BCUT2D eigenvalue weighted by atomic mass is 19.4. The number of allylic oxidation sites excluding steroid dienone is 2. The lowest BCUT2D eigenvalue weighted by Gasteiger charge is -2.07. The number of H-pyrrole nitrogens is 1. The molecule has 0 atom stereocenters. The molecule has 1 N–H and O–H groups in total. The normalized spacial score (nSPS) is 14.1. The van der Waals surface area contributed by atoms with Crippen molar-refractivity contribution in [2.24, 2.45) is 4.99 Å². The molecule has 0 aliphatic carbocycles. The maximum Gasteiger partial charge on any atom is 0.431 e. The molecule has 1 aromatic heterocycles. The van der Waals surface area contributed by atoms with Crippen LogP contribution in [0.15, 0.2) is 29.8 Å². The van der Waals surface area contributed by atoms with E-state index >= 15 is 0 Å². The number of alkyl halides is 6. The number of aromatic nitrogens is 1. The van der Waals surface area contributed by atoms with Crippen LogP contribution in [0.5, 0.6) is 0 Å². The summed E-state index contributed by atoms with van der Waals surface area (Å²) in [6.45, 7) is 4.65. The number of aromatic amines is 1. The van der Waals surface area contributed by atoms with E-state index in [0.717, 1.165) is 6.21 Å². The minimum absolute atomic E-state index is 0.0300. The Balaban J connectivity index is 3.48. The molecule has 0 bridgehead atoms. The Morgan fingerprint density at radius 3 is 2.20 bits per heavy atom. The van der Waals surface area contributed by atoms with Crippen LogP contribution >= 0.6 is 0 Å². The zero-order valence-corrected chi connectivity index (χ0v) is 10.2. The quantitative estimate of drug-likeness (QED) is 0.620. The molecule has 0 spiro atoms. The lowest BCUT2D eigenvalue weighted by molar-refractivity contribution is -0.142. The van der Waals surface area contributed by atoms with Crippen LogP contribution in [0.2, 0.25) is 0 Å². The fraction of sp³-hybridized carbons (Fsp3) is 0.250. The lowest BCUT2D eigenvalue weighted by atomic mass is 10.2. The van der Waals surface area contributed by atoms with Gasteiger partial charge in [-0.1, -0.05) is 18.7 Å². The van der Waals surface area contributed by atoms with Crippen molar-refractivity contribution < 1.29 is 26.3 Å². The Kier molecular flexibility index (Phi) is 4.46. The Labute approximate surface area is 110 Å². The highest BCUT2D eigenvalue weighted by molar-refractivity contribution is 5.79. The van der Waals surface area contributed by atoms with Crippen LogP contribution < -0.4 is 0 Å². The molecule has 8 heteroatoms. The maximum absolute atomic E-state index is 12.8. The predicted molar refractivity (Wildman–Crippen MR) is 63.1 cm³/mol. The van der Waals surface area contributed by atoms with Gasteiger partial charge in [0.05, 0.1) is 17.0 Å². The molecule has 1 heterocycles. The molecule has 0 fully saturated rings. The molecular weight excluding hydrogens is 286 g/mol. The molecule has 1 rings (SSSR count). The first-order valence-corrected chi connectivity index (χ1v) is 5.30. The summed E-state index contributed by atoms with van der Waals surface area (Å²) in [5, 5.41) is 0. The van der Waals surface area contributed by atoms with Crippen LogP contribution in [0.1, 0.15) is 23.9 Å². The van der Waals surface area contributed by atoms with Gasteiger partial charge in [0.2, 0.25) is 0 Å². The van der Waals surface area contributed by atoms with Crippen LogP contribution in [-0.2, 0) is 12.4 Å². The van der Waals surface area contributed by atoms with Crippen molar-refractivity contribution in [3.63, 3.8) is 0 Å². The van der Waals surface area contributed by atoms with Gasteiger partial charge in [-0.2, -0.15) is 26.3 Å². The Hall–Kier alpha value is -1.99. The van der Waals surface area contributed by atoms with Gasteiger partial charge in [-0.15, -0.1) is 0 Å². The van der Waals surface area contributed by atoms with E-state index < -0.39 is 29.3 Å². The molecule has 0 aliphatic heterocycles. The standard InChI is InChI=1S/C12H10F6N2/c1-3-5-19-8(4-2)10-7(11(13,14)15)6-9(20-10)12(16,17)18/h3-6,20H,1H2,2H3/b8-4-,19-5?. The predicted octanol–water partition coefficient (Wildman–Crippen LogP) is 4.67. The van der Waals surface area contributed by atoms with E-state index in [-0.39, 0.29) is 11.8 Å². The van der Waals surface area contributed by atoms with E-state index in [1.165, 1.54) is 19.1 Å². The van der Waals surface area contributed by atoms with E-state index in [9.17, 15) is 26.3 Å². The van der Waals surface area contributed by atoms with Crippen LogP contribution in [0.3, 0.4) is 0 Å². The zero-order valence-electron chi connectivity index (χ0n) is 10.2. The monoisotopic (exact) mass is 296 g/mol. The second-order valence-electron chi connectivity index (χ2n) is 3.65. The van der Waals surface area contributed by atoms with E-state index in [4.69, 9.17) is 0 Å². The van der Waals surface area contributed by atoms with Crippen molar-refractivity contribution in [3.05, 3.63) is 41.7 Å².